The van der Waals surface area contributed by atoms with Gasteiger partial charge in [0.15, 0.2) is 0 Å². The normalized spacial score (nSPS) is 14.6. The maximum Gasteiger partial charge on any atom is 0.326 e. The van der Waals surface area contributed by atoms with Crippen LogP contribution in [0.4, 0.5) is 0 Å². The van der Waals surface area contributed by atoms with Crippen LogP contribution in [-0.2, 0) is 24.0 Å². The third-order valence-corrected chi connectivity index (χ3v) is 4.72. The zero-order chi connectivity index (χ0) is 25.6. The average molecular weight is 476 g/mol. The Labute approximate surface area is 192 Å². The highest BCUT2D eigenvalue weighted by atomic mass is 16.4. The fourth-order valence-corrected chi connectivity index (χ4v) is 2.92. The second-order valence-electron chi connectivity index (χ2n) is 8.16. The van der Waals surface area contributed by atoms with Crippen LogP contribution in [0.25, 0.3) is 0 Å². The lowest BCUT2D eigenvalue weighted by atomic mass is 10.0. The predicted octanol–water partition coefficient (Wildman–Crippen LogP) is -2.12. The molecule has 0 aliphatic carbocycles. The molecule has 13 heteroatoms. The van der Waals surface area contributed by atoms with Crippen LogP contribution in [0, 0.1) is 5.92 Å². The molecule has 0 aliphatic rings. The van der Waals surface area contributed by atoms with Crippen LogP contribution >= 0.6 is 0 Å². The minimum absolute atomic E-state index is 0.0981. The number of aliphatic hydroxyl groups excluding tert-OH is 1. The van der Waals surface area contributed by atoms with E-state index in [9.17, 15) is 34.2 Å². The number of nitrogens with one attached hydrogen (secondary N) is 3. The van der Waals surface area contributed by atoms with Crippen molar-refractivity contribution >= 4 is 29.7 Å². The van der Waals surface area contributed by atoms with Crippen molar-refractivity contribution in [3.8, 4) is 0 Å². The molecule has 4 unspecified atom stereocenters. The quantitative estimate of drug-likeness (QED) is 0.106. The van der Waals surface area contributed by atoms with Crippen molar-refractivity contribution in [2.24, 2.45) is 17.4 Å². The lowest BCUT2D eigenvalue weighted by Gasteiger charge is -2.24. The summed E-state index contributed by atoms with van der Waals surface area (Å²) in [5.41, 5.74) is 11.2. The van der Waals surface area contributed by atoms with Gasteiger partial charge < -0.3 is 42.7 Å². The second kappa shape index (κ2) is 15.9. The van der Waals surface area contributed by atoms with Gasteiger partial charge in [-0.2, -0.15) is 0 Å². The summed E-state index contributed by atoms with van der Waals surface area (Å²) in [5.74, 6) is -4.92. The Morgan fingerprint density at radius 1 is 0.818 bits per heavy atom. The van der Waals surface area contributed by atoms with Crippen molar-refractivity contribution < 1.29 is 39.3 Å². The minimum atomic E-state index is -1.43. The number of unbranched alkanes of at least 4 members (excludes halogenated alkanes) is 1. The van der Waals surface area contributed by atoms with Gasteiger partial charge in [-0.1, -0.05) is 13.8 Å². The molecule has 4 atom stereocenters. The molecule has 0 bridgehead atoms. The van der Waals surface area contributed by atoms with Crippen molar-refractivity contribution in [2.75, 3.05) is 13.2 Å². The summed E-state index contributed by atoms with van der Waals surface area (Å²) in [6, 6.07) is -5.01. The number of carbonyl (C=O) groups is 5. The number of hydrogen-bond acceptors (Lipinski definition) is 8. The molecule has 0 rings (SSSR count). The number of carboxylic acids is 2. The van der Waals surface area contributed by atoms with Crippen LogP contribution in [0.5, 0.6) is 0 Å². The summed E-state index contributed by atoms with van der Waals surface area (Å²) in [5, 5.41) is 34.6. The van der Waals surface area contributed by atoms with Crippen LogP contribution in [0.1, 0.15) is 52.4 Å². The fourth-order valence-electron chi connectivity index (χ4n) is 2.92. The van der Waals surface area contributed by atoms with Crippen LogP contribution < -0.4 is 27.4 Å². The van der Waals surface area contributed by atoms with E-state index in [2.05, 4.69) is 16.0 Å². The molecule has 0 aromatic heterocycles. The summed E-state index contributed by atoms with van der Waals surface area (Å²) in [4.78, 5) is 59.7. The van der Waals surface area contributed by atoms with Crippen LogP contribution in [0.15, 0.2) is 0 Å². The molecule has 33 heavy (non-hydrogen) atoms. The van der Waals surface area contributed by atoms with Crippen molar-refractivity contribution in [2.45, 2.75) is 76.5 Å². The molecule has 13 nitrogen and oxygen atoms in total. The molecule has 0 heterocycles. The monoisotopic (exact) mass is 475 g/mol. The predicted molar refractivity (Wildman–Crippen MR) is 118 cm³/mol. The topological polar surface area (TPSA) is 234 Å². The molecule has 3 amide bonds. The summed E-state index contributed by atoms with van der Waals surface area (Å²) in [6.45, 7) is 3.27. The van der Waals surface area contributed by atoms with E-state index in [0.717, 1.165) is 0 Å². The Morgan fingerprint density at radius 2 is 1.36 bits per heavy atom. The molecule has 0 aromatic rings. The highest BCUT2D eigenvalue weighted by molar-refractivity contribution is 5.94. The Balaban J connectivity index is 5.29. The van der Waals surface area contributed by atoms with Crippen LogP contribution in [0.2, 0.25) is 0 Å². The Kier molecular flexibility index (Phi) is 14.6. The number of hydrogen-bond donors (Lipinski definition) is 8. The first-order valence-electron chi connectivity index (χ1n) is 10.8. The van der Waals surface area contributed by atoms with Crippen molar-refractivity contribution in [1.82, 2.24) is 16.0 Å². The molecule has 10 N–H and O–H groups in total. The molecule has 0 saturated heterocycles. The molecule has 0 radical (unpaired) electrons. The van der Waals surface area contributed by atoms with E-state index in [4.69, 9.17) is 16.6 Å². The van der Waals surface area contributed by atoms with Gasteiger partial charge in [0.05, 0.1) is 12.6 Å². The average Bonchev–Trinajstić information content (AvgIpc) is 2.72. The molecular weight excluding hydrogens is 438 g/mol. The van der Waals surface area contributed by atoms with Gasteiger partial charge in [-0.25, -0.2) is 4.79 Å². The second-order valence-corrected chi connectivity index (χ2v) is 8.16. The van der Waals surface area contributed by atoms with Gasteiger partial charge in [0.1, 0.15) is 18.1 Å². The first kappa shape index (κ1) is 30.2. The lowest BCUT2D eigenvalue weighted by Crippen LogP contribution is -2.58. The van der Waals surface area contributed by atoms with Gasteiger partial charge in [-0.05, 0) is 44.6 Å². The van der Waals surface area contributed by atoms with E-state index in [1.165, 1.54) is 0 Å². The van der Waals surface area contributed by atoms with Gasteiger partial charge in [0, 0.05) is 6.42 Å². The minimum Gasteiger partial charge on any atom is -0.481 e. The molecular formula is C20H37N5O8. The Morgan fingerprint density at radius 3 is 1.85 bits per heavy atom. The van der Waals surface area contributed by atoms with Gasteiger partial charge in [-0.15, -0.1) is 0 Å². The standard InChI is InChI=1S/C20H37N5O8/c1-11(2)9-12(22)17(29)25-15(10-26)19(31)23-13(6-7-16(27)28)18(30)24-14(20(32)33)5-3-4-8-21/h11-15,26H,3-10,21-22H2,1-2H3,(H,23,31)(H,24,30)(H,25,29)(H,27,28)(H,32,33). The number of rotatable bonds is 17. The number of nitrogens with two attached hydrogens (primary N) is 2. The van der Waals surface area contributed by atoms with Gasteiger partial charge in [0.2, 0.25) is 17.7 Å². The maximum atomic E-state index is 12.6. The highest BCUT2D eigenvalue weighted by Crippen LogP contribution is 2.06. The fraction of sp³-hybridized carbons (Fsp3) is 0.750. The maximum absolute atomic E-state index is 12.6. The van der Waals surface area contributed by atoms with E-state index >= 15 is 0 Å². The number of aliphatic hydroxyl groups is 1. The number of amides is 3. The van der Waals surface area contributed by atoms with Crippen LogP contribution in [0.3, 0.4) is 0 Å². The van der Waals surface area contributed by atoms with Crippen molar-refractivity contribution in [3.63, 3.8) is 0 Å². The molecule has 0 fully saturated rings. The summed E-state index contributed by atoms with van der Waals surface area (Å²) in [6.07, 6.45) is 0.613. The largest absolute Gasteiger partial charge is 0.481 e. The molecule has 0 aliphatic heterocycles. The lowest BCUT2D eigenvalue weighted by molar-refractivity contribution is -0.143. The number of carboxylic acid groups (broad SMARTS) is 2. The third-order valence-electron chi connectivity index (χ3n) is 4.72. The van der Waals surface area contributed by atoms with Gasteiger partial charge in [0.25, 0.3) is 0 Å². The van der Waals surface area contributed by atoms with E-state index in [1.54, 1.807) is 0 Å². The number of aliphatic carboxylic acids is 2. The summed E-state index contributed by atoms with van der Waals surface area (Å²) in [7, 11) is 0. The first-order chi connectivity index (χ1) is 15.4. The first-order valence-corrected chi connectivity index (χ1v) is 10.8. The number of carbonyl (C=O) groups excluding carboxylic acids is 3. The summed E-state index contributed by atoms with van der Waals surface area (Å²) < 4.78 is 0. The van der Waals surface area contributed by atoms with E-state index < -0.39 is 66.9 Å². The van der Waals surface area contributed by atoms with E-state index in [-0.39, 0.29) is 18.8 Å². The molecule has 0 saturated carbocycles. The molecule has 190 valence electrons. The van der Waals surface area contributed by atoms with Crippen molar-refractivity contribution in [1.29, 1.82) is 0 Å². The van der Waals surface area contributed by atoms with Crippen molar-refractivity contribution in [3.05, 3.63) is 0 Å². The Bertz CT molecular complexity index is 673. The van der Waals surface area contributed by atoms with Crippen LogP contribution in [-0.4, -0.2) is 82.3 Å². The molecule has 0 aromatic carbocycles. The van der Waals surface area contributed by atoms with E-state index in [0.29, 0.717) is 25.8 Å². The smallest absolute Gasteiger partial charge is 0.326 e. The highest BCUT2D eigenvalue weighted by Gasteiger charge is 2.30. The SMILES string of the molecule is CC(C)CC(N)C(=O)NC(CO)C(=O)NC(CCC(=O)O)C(=O)NC(CCCCN)C(=O)O. The van der Waals surface area contributed by atoms with E-state index in [1.807, 2.05) is 13.8 Å². The summed E-state index contributed by atoms with van der Waals surface area (Å²) >= 11 is 0. The van der Waals surface area contributed by atoms with Gasteiger partial charge >= 0.3 is 11.9 Å². The zero-order valence-electron chi connectivity index (χ0n) is 19.1. The Hall–Kier alpha value is -2.77. The zero-order valence-corrected chi connectivity index (χ0v) is 19.1. The third kappa shape index (κ3) is 12.7. The van der Waals surface area contributed by atoms with Gasteiger partial charge in [-0.3, -0.25) is 19.2 Å². The molecule has 0 spiro atoms.